The molecule has 6 heteroatoms. The van der Waals surface area contributed by atoms with Gasteiger partial charge < -0.3 is 5.32 Å². The van der Waals surface area contributed by atoms with Crippen molar-refractivity contribution in [3.8, 4) is 0 Å². The summed E-state index contributed by atoms with van der Waals surface area (Å²) in [5, 5.41) is 16.7. The van der Waals surface area contributed by atoms with E-state index in [9.17, 15) is 0 Å². The van der Waals surface area contributed by atoms with Crippen LogP contribution in [0.2, 0.25) is 0 Å². The first kappa shape index (κ1) is 11.5. The van der Waals surface area contributed by atoms with Gasteiger partial charge in [-0.3, -0.25) is 0 Å². The third kappa shape index (κ3) is 2.63. The summed E-state index contributed by atoms with van der Waals surface area (Å²) in [6.07, 6.45) is 7.70. The van der Waals surface area contributed by atoms with Crippen molar-refractivity contribution in [1.82, 2.24) is 25.5 Å². The molecule has 94 valence electrons. The van der Waals surface area contributed by atoms with Gasteiger partial charge in [-0.2, -0.15) is 0 Å². The van der Waals surface area contributed by atoms with Crippen LogP contribution in [0.5, 0.6) is 0 Å². The van der Waals surface area contributed by atoms with Gasteiger partial charge in [0.2, 0.25) is 5.16 Å². The van der Waals surface area contributed by atoms with Gasteiger partial charge in [-0.15, -0.1) is 5.10 Å². The van der Waals surface area contributed by atoms with Crippen molar-refractivity contribution in [2.45, 2.75) is 55.8 Å². The molecule has 1 aliphatic carbocycles. The highest BCUT2D eigenvalue weighted by atomic mass is 32.2. The number of tetrazole rings is 1. The first-order valence-electron chi connectivity index (χ1n) is 6.57. The number of nitrogens with one attached hydrogen (secondary N) is 1. The predicted molar refractivity (Wildman–Crippen MR) is 67.1 cm³/mol. The lowest BCUT2D eigenvalue weighted by Gasteiger charge is -2.12. The number of thioether (sulfide) groups is 1. The molecule has 1 atom stereocenters. The van der Waals surface area contributed by atoms with Crippen LogP contribution in [0, 0.1) is 0 Å². The van der Waals surface area contributed by atoms with Crippen LogP contribution < -0.4 is 5.32 Å². The maximum Gasteiger partial charge on any atom is 0.209 e. The molecular weight excluding hydrogens is 234 g/mol. The molecule has 0 amide bonds. The number of hydrogen-bond acceptors (Lipinski definition) is 5. The van der Waals surface area contributed by atoms with Crippen molar-refractivity contribution < 1.29 is 0 Å². The van der Waals surface area contributed by atoms with Crippen molar-refractivity contribution in [3.63, 3.8) is 0 Å². The highest BCUT2D eigenvalue weighted by molar-refractivity contribution is 7.99. The van der Waals surface area contributed by atoms with Gasteiger partial charge in [0.25, 0.3) is 0 Å². The van der Waals surface area contributed by atoms with E-state index in [-0.39, 0.29) is 0 Å². The Kier molecular flexibility index (Phi) is 3.61. The maximum absolute atomic E-state index is 4.16. The van der Waals surface area contributed by atoms with Crippen LogP contribution in [-0.2, 0) is 0 Å². The topological polar surface area (TPSA) is 55.6 Å². The van der Waals surface area contributed by atoms with E-state index in [1.54, 1.807) is 11.8 Å². The van der Waals surface area contributed by atoms with Gasteiger partial charge in [0, 0.05) is 11.8 Å². The van der Waals surface area contributed by atoms with E-state index in [0.29, 0.717) is 12.1 Å². The monoisotopic (exact) mass is 253 g/mol. The molecule has 0 bridgehead atoms. The molecule has 5 nitrogen and oxygen atoms in total. The summed E-state index contributed by atoms with van der Waals surface area (Å²) in [6.45, 7) is 1.17. The third-order valence-corrected chi connectivity index (χ3v) is 4.81. The molecule has 1 aliphatic heterocycles. The first-order chi connectivity index (χ1) is 8.43. The molecule has 1 aromatic heterocycles. The van der Waals surface area contributed by atoms with E-state index in [0.717, 1.165) is 10.9 Å². The summed E-state index contributed by atoms with van der Waals surface area (Å²) < 4.78 is 2.05. The number of hydrogen-bond donors (Lipinski definition) is 1. The van der Waals surface area contributed by atoms with Crippen LogP contribution in [0.25, 0.3) is 0 Å². The standard InChI is InChI=1S/C11H19N5S/c1-2-6-10(5-1)16-11(13-14-15-16)17-8-9-4-3-7-12-9/h9-10,12H,1-8H2/t9-/m1/s1. The molecule has 3 rings (SSSR count). The lowest BCUT2D eigenvalue weighted by molar-refractivity contribution is 0.423. The molecule has 0 radical (unpaired) electrons. The van der Waals surface area contributed by atoms with Gasteiger partial charge in [-0.1, -0.05) is 24.6 Å². The van der Waals surface area contributed by atoms with Gasteiger partial charge in [0.1, 0.15) is 0 Å². The smallest absolute Gasteiger partial charge is 0.209 e. The summed E-state index contributed by atoms with van der Waals surface area (Å²) in [5.41, 5.74) is 0. The van der Waals surface area contributed by atoms with Crippen molar-refractivity contribution in [1.29, 1.82) is 0 Å². The molecule has 0 aromatic carbocycles. The van der Waals surface area contributed by atoms with Crippen LogP contribution in [-0.4, -0.2) is 38.5 Å². The van der Waals surface area contributed by atoms with Crippen LogP contribution in [0.4, 0.5) is 0 Å². The average Bonchev–Trinajstić information content (AvgIpc) is 3.09. The minimum atomic E-state index is 0.545. The van der Waals surface area contributed by atoms with E-state index in [4.69, 9.17) is 0 Å². The molecule has 2 heterocycles. The summed E-state index contributed by atoms with van der Waals surface area (Å²) in [4.78, 5) is 0. The Morgan fingerprint density at radius 2 is 2.12 bits per heavy atom. The van der Waals surface area contributed by atoms with E-state index in [1.165, 1.54) is 45.1 Å². The van der Waals surface area contributed by atoms with E-state index in [1.807, 2.05) is 4.68 Å². The normalized spacial score (nSPS) is 25.8. The second-order valence-corrected chi connectivity index (χ2v) is 5.94. The zero-order valence-corrected chi connectivity index (χ0v) is 10.8. The zero-order valence-electron chi connectivity index (χ0n) is 10.0. The van der Waals surface area contributed by atoms with E-state index >= 15 is 0 Å². The molecule has 1 saturated heterocycles. The van der Waals surface area contributed by atoms with Crippen LogP contribution in [0.1, 0.15) is 44.6 Å². The first-order valence-corrected chi connectivity index (χ1v) is 7.56. The number of rotatable bonds is 4. The summed E-state index contributed by atoms with van der Waals surface area (Å²) >= 11 is 1.80. The largest absolute Gasteiger partial charge is 0.313 e. The Morgan fingerprint density at radius 1 is 1.24 bits per heavy atom. The van der Waals surface area contributed by atoms with Gasteiger partial charge in [0.15, 0.2) is 0 Å². The van der Waals surface area contributed by atoms with Crippen molar-refractivity contribution in [2.75, 3.05) is 12.3 Å². The molecule has 1 aromatic rings. The molecule has 2 fully saturated rings. The molecule has 1 saturated carbocycles. The Hall–Kier alpha value is -0.620. The second-order valence-electron chi connectivity index (χ2n) is 4.95. The molecule has 1 N–H and O–H groups in total. The third-order valence-electron chi connectivity index (χ3n) is 3.71. The number of nitrogens with zero attached hydrogens (tertiary/aromatic N) is 4. The molecule has 0 unspecified atom stereocenters. The maximum atomic E-state index is 4.16. The minimum absolute atomic E-state index is 0.545. The van der Waals surface area contributed by atoms with Crippen LogP contribution in [0.3, 0.4) is 0 Å². The number of aromatic nitrogens is 4. The fourth-order valence-corrected chi connectivity index (χ4v) is 3.78. The van der Waals surface area contributed by atoms with Gasteiger partial charge >= 0.3 is 0 Å². The Balaban J connectivity index is 1.60. The highest BCUT2D eigenvalue weighted by Crippen LogP contribution is 2.31. The molecule has 0 spiro atoms. The van der Waals surface area contributed by atoms with Crippen molar-refractivity contribution >= 4 is 11.8 Å². The Morgan fingerprint density at radius 3 is 2.88 bits per heavy atom. The molecule has 2 aliphatic rings. The fraction of sp³-hybridized carbons (Fsp3) is 0.909. The van der Waals surface area contributed by atoms with Crippen molar-refractivity contribution in [3.05, 3.63) is 0 Å². The van der Waals surface area contributed by atoms with Gasteiger partial charge in [-0.05, 0) is 42.7 Å². The van der Waals surface area contributed by atoms with Crippen molar-refractivity contribution in [2.24, 2.45) is 0 Å². The molecule has 17 heavy (non-hydrogen) atoms. The zero-order chi connectivity index (χ0) is 11.5. The Labute approximate surface area is 106 Å². The second kappa shape index (κ2) is 5.35. The van der Waals surface area contributed by atoms with Gasteiger partial charge in [0.05, 0.1) is 6.04 Å². The lowest BCUT2D eigenvalue weighted by Crippen LogP contribution is -2.24. The molecular formula is C11H19N5S. The van der Waals surface area contributed by atoms with Crippen LogP contribution >= 0.6 is 11.8 Å². The Bertz CT molecular complexity index is 354. The van der Waals surface area contributed by atoms with E-state index in [2.05, 4.69) is 20.8 Å². The van der Waals surface area contributed by atoms with E-state index < -0.39 is 0 Å². The highest BCUT2D eigenvalue weighted by Gasteiger charge is 2.22. The SMILES string of the molecule is C1CCC(n2nnnc2SC[C@H]2CCCN2)C1. The summed E-state index contributed by atoms with van der Waals surface area (Å²) in [5.74, 6) is 1.09. The quantitative estimate of drug-likeness (QED) is 0.827. The summed E-state index contributed by atoms with van der Waals surface area (Å²) in [7, 11) is 0. The fourth-order valence-electron chi connectivity index (χ4n) is 2.73. The average molecular weight is 253 g/mol. The predicted octanol–water partition coefficient (Wildman–Crippen LogP) is 1.63. The minimum Gasteiger partial charge on any atom is -0.313 e. The lowest BCUT2D eigenvalue weighted by atomic mass is 10.3. The summed E-state index contributed by atoms with van der Waals surface area (Å²) in [6, 6.07) is 1.19. The van der Waals surface area contributed by atoms with Crippen LogP contribution in [0.15, 0.2) is 5.16 Å². The van der Waals surface area contributed by atoms with Gasteiger partial charge in [-0.25, -0.2) is 4.68 Å².